The first-order valence-electron chi connectivity index (χ1n) is 6.76. The Balaban J connectivity index is 2.22. The molecule has 0 aliphatic rings. The molecule has 110 valence electrons. The zero-order valence-corrected chi connectivity index (χ0v) is 13.2. The van der Waals surface area contributed by atoms with Gasteiger partial charge in [-0.3, -0.25) is 4.79 Å². The molecule has 5 heteroatoms. The number of hydrogen-bond donors (Lipinski definition) is 0. The Morgan fingerprint density at radius 2 is 1.76 bits per heavy atom. The highest BCUT2D eigenvalue weighted by atomic mass is 35.5. The van der Waals surface area contributed by atoms with Crippen molar-refractivity contribution in [3.05, 3.63) is 63.9 Å². The minimum Gasteiger partial charge on any atom is -0.334 e. The summed E-state index contributed by atoms with van der Waals surface area (Å²) in [5, 5.41) is 0.448. The van der Waals surface area contributed by atoms with E-state index in [1.54, 1.807) is 17.0 Å². The first-order valence-corrected chi connectivity index (χ1v) is 7.52. The molecule has 0 unspecified atom stereocenters. The monoisotopic (exact) mass is 322 g/mol. The number of hydrogen-bond acceptors (Lipinski definition) is 2. The van der Waals surface area contributed by atoms with Crippen molar-refractivity contribution in [1.82, 2.24) is 9.88 Å². The summed E-state index contributed by atoms with van der Waals surface area (Å²) in [6.45, 7) is 3.27. The molecule has 1 aromatic carbocycles. The lowest BCUT2D eigenvalue weighted by molar-refractivity contribution is 0.0743. The predicted molar refractivity (Wildman–Crippen MR) is 85.7 cm³/mol. The van der Waals surface area contributed by atoms with Crippen LogP contribution in [0.3, 0.4) is 0 Å². The molecule has 2 rings (SSSR count). The van der Waals surface area contributed by atoms with E-state index in [4.69, 9.17) is 23.2 Å². The van der Waals surface area contributed by atoms with E-state index in [0.29, 0.717) is 18.7 Å². The van der Waals surface area contributed by atoms with Gasteiger partial charge in [0, 0.05) is 18.7 Å². The summed E-state index contributed by atoms with van der Waals surface area (Å²) >= 11 is 11.7. The van der Waals surface area contributed by atoms with Gasteiger partial charge in [-0.05, 0) is 24.1 Å². The van der Waals surface area contributed by atoms with E-state index in [2.05, 4.69) is 4.98 Å². The largest absolute Gasteiger partial charge is 0.334 e. The number of aromatic nitrogens is 1. The molecule has 0 aliphatic carbocycles. The van der Waals surface area contributed by atoms with Gasteiger partial charge in [0.1, 0.15) is 10.3 Å². The van der Waals surface area contributed by atoms with Gasteiger partial charge in [0.05, 0.1) is 0 Å². The van der Waals surface area contributed by atoms with Gasteiger partial charge in [-0.25, -0.2) is 4.98 Å². The number of nitrogens with zero attached hydrogens (tertiary/aromatic N) is 2. The van der Waals surface area contributed by atoms with Crippen molar-refractivity contribution in [2.24, 2.45) is 0 Å². The molecule has 1 aromatic heterocycles. The van der Waals surface area contributed by atoms with Crippen LogP contribution in [-0.2, 0) is 6.54 Å². The van der Waals surface area contributed by atoms with Crippen molar-refractivity contribution in [3.8, 4) is 0 Å². The maximum absolute atomic E-state index is 12.6. The molecule has 0 bridgehead atoms. The fraction of sp³-hybridized carbons (Fsp3) is 0.250. The molecular weight excluding hydrogens is 307 g/mol. The van der Waals surface area contributed by atoms with E-state index in [1.165, 1.54) is 0 Å². The van der Waals surface area contributed by atoms with Crippen LogP contribution in [0.4, 0.5) is 0 Å². The zero-order chi connectivity index (χ0) is 15.2. The average molecular weight is 323 g/mol. The number of rotatable bonds is 5. The lowest BCUT2D eigenvalue weighted by Gasteiger charge is -2.22. The van der Waals surface area contributed by atoms with Crippen LogP contribution >= 0.6 is 23.2 Å². The number of amides is 1. The van der Waals surface area contributed by atoms with Crippen molar-refractivity contribution in [2.45, 2.75) is 19.9 Å². The molecule has 0 spiro atoms. The standard InChI is InChI=1S/C16H16Cl2N2O/c1-2-8-20(11-12-6-4-3-5-7-12)16(21)13-9-14(17)19-15(18)10-13/h3-7,9-10H,2,8,11H2,1H3. The Bertz CT molecular complexity index is 597. The van der Waals surface area contributed by atoms with Crippen molar-refractivity contribution < 1.29 is 4.79 Å². The van der Waals surface area contributed by atoms with Crippen LogP contribution in [0.25, 0.3) is 0 Å². The first-order chi connectivity index (χ1) is 10.1. The van der Waals surface area contributed by atoms with Crippen LogP contribution in [0.5, 0.6) is 0 Å². The fourth-order valence-corrected chi connectivity index (χ4v) is 2.56. The molecule has 1 amide bonds. The topological polar surface area (TPSA) is 33.2 Å². The van der Waals surface area contributed by atoms with Crippen molar-refractivity contribution in [2.75, 3.05) is 6.54 Å². The van der Waals surface area contributed by atoms with E-state index < -0.39 is 0 Å². The number of pyridine rings is 1. The fourth-order valence-electron chi connectivity index (χ4n) is 2.10. The maximum atomic E-state index is 12.6. The smallest absolute Gasteiger partial charge is 0.254 e. The van der Waals surface area contributed by atoms with E-state index in [-0.39, 0.29) is 16.2 Å². The second-order valence-electron chi connectivity index (χ2n) is 4.71. The highest BCUT2D eigenvalue weighted by molar-refractivity contribution is 6.33. The molecule has 0 saturated heterocycles. The molecule has 1 heterocycles. The summed E-state index contributed by atoms with van der Waals surface area (Å²) in [6.07, 6.45) is 0.880. The molecule has 0 saturated carbocycles. The summed E-state index contributed by atoms with van der Waals surface area (Å²) in [4.78, 5) is 18.3. The number of benzene rings is 1. The van der Waals surface area contributed by atoms with E-state index >= 15 is 0 Å². The second-order valence-corrected chi connectivity index (χ2v) is 5.49. The lowest BCUT2D eigenvalue weighted by atomic mass is 10.1. The van der Waals surface area contributed by atoms with Gasteiger partial charge in [0.2, 0.25) is 0 Å². The van der Waals surface area contributed by atoms with Gasteiger partial charge < -0.3 is 4.90 Å². The molecule has 0 atom stereocenters. The lowest BCUT2D eigenvalue weighted by Crippen LogP contribution is -2.31. The van der Waals surface area contributed by atoms with Gasteiger partial charge in [-0.1, -0.05) is 60.5 Å². The number of carbonyl (C=O) groups excluding carboxylic acids is 1. The zero-order valence-electron chi connectivity index (χ0n) is 11.7. The Morgan fingerprint density at radius 3 is 2.33 bits per heavy atom. The molecule has 2 aromatic rings. The van der Waals surface area contributed by atoms with Crippen molar-refractivity contribution >= 4 is 29.1 Å². The van der Waals surface area contributed by atoms with E-state index in [0.717, 1.165) is 12.0 Å². The van der Waals surface area contributed by atoms with Crippen LogP contribution in [0.2, 0.25) is 10.3 Å². The van der Waals surface area contributed by atoms with Crippen LogP contribution in [0.15, 0.2) is 42.5 Å². The molecular formula is C16H16Cl2N2O. The van der Waals surface area contributed by atoms with E-state index in [9.17, 15) is 4.79 Å². The van der Waals surface area contributed by atoms with Crippen LogP contribution < -0.4 is 0 Å². The highest BCUT2D eigenvalue weighted by Gasteiger charge is 2.17. The van der Waals surface area contributed by atoms with Gasteiger partial charge >= 0.3 is 0 Å². The quantitative estimate of drug-likeness (QED) is 0.762. The summed E-state index contributed by atoms with van der Waals surface area (Å²) in [5.41, 5.74) is 1.55. The number of carbonyl (C=O) groups is 1. The van der Waals surface area contributed by atoms with Gasteiger partial charge in [-0.15, -0.1) is 0 Å². The summed E-state index contributed by atoms with van der Waals surface area (Å²) in [6, 6.07) is 13.0. The van der Waals surface area contributed by atoms with Crippen molar-refractivity contribution in [1.29, 1.82) is 0 Å². The number of halogens is 2. The Morgan fingerprint density at radius 1 is 1.14 bits per heavy atom. The average Bonchev–Trinajstić information content (AvgIpc) is 2.46. The van der Waals surface area contributed by atoms with Crippen LogP contribution in [0.1, 0.15) is 29.3 Å². The summed E-state index contributed by atoms with van der Waals surface area (Å²) in [5.74, 6) is -0.0908. The molecule has 0 aliphatic heterocycles. The minimum atomic E-state index is -0.0908. The highest BCUT2D eigenvalue weighted by Crippen LogP contribution is 2.17. The van der Waals surface area contributed by atoms with Crippen LogP contribution in [0, 0.1) is 0 Å². The SMILES string of the molecule is CCCN(Cc1ccccc1)C(=O)c1cc(Cl)nc(Cl)c1. The molecule has 0 fully saturated rings. The normalized spacial score (nSPS) is 10.4. The van der Waals surface area contributed by atoms with E-state index in [1.807, 2.05) is 37.3 Å². The van der Waals surface area contributed by atoms with Gasteiger partial charge in [0.15, 0.2) is 0 Å². The maximum Gasteiger partial charge on any atom is 0.254 e. The second kappa shape index (κ2) is 7.43. The molecule has 21 heavy (non-hydrogen) atoms. The van der Waals surface area contributed by atoms with Crippen molar-refractivity contribution in [3.63, 3.8) is 0 Å². The predicted octanol–water partition coefficient (Wildman–Crippen LogP) is 4.44. The Labute approximate surface area is 134 Å². The molecule has 3 nitrogen and oxygen atoms in total. The van der Waals surface area contributed by atoms with Crippen LogP contribution in [-0.4, -0.2) is 22.3 Å². The third-order valence-corrected chi connectivity index (χ3v) is 3.39. The summed E-state index contributed by atoms with van der Waals surface area (Å²) < 4.78 is 0. The van der Waals surface area contributed by atoms with Gasteiger partial charge in [0.25, 0.3) is 5.91 Å². The summed E-state index contributed by atoms with van der Waals surface area (Å²) in [7, 11) is 0. The first kappa shape index (κ1) is 15.8. The Kier molecular flexibility index (Phi) is 5.59. The third kappa shape index (κ3) is 4.45. The minimum absolute atomic E-state index is 0.0908. The molecule has 0 N–H and O–H groups in total. The van der Waals surface area contributed by atoms with Gasteiger partial charge in [-0.2, -0.15) is 0 Å². The molecule has 0 radical (unpaired) electrons. The third-order valence-electron chi connectivity index (χ3n) is 3.01. The Hall–Kier alpha value is -1.58.